The van der Waals surface area contributed by atoms with Gasteiger partial charge in [-0.25, -0.2) is 14.6 Å². The van der Waals surface area contributed by atoms with E-state index in [1.807, 2.05) is 54.6 Å². The first kappa shape index (κ1) is 25.5. The highest BCUT2D eigenvalue weighted by atomic mass is 35.5. The van der Waals surface area contributed by atoms with E-state index >= 15 is 0 Å². The van der Waals surface area contributed by atoms with Gasteiger partial charge in [-0.15, -0.1) is 0 Å². The van der Waals surface area contributed by atoms with E-state index in [0.717, 1.165) is 16.7 Å². The molecule has 2 N–H and O–H groups in total. The minimum Gasteiger partial charge on any atom is -0.480 e. The highest BCUT2D eigenvalue weighted by molar-refractivity contribution is 6.33. The van der Waals surface area contributed by atoms with E-state index in [0.29, 0.717) is 21.9 Å². The first-order valence-electron chi connectivity index (χ1n) is 12.2. The standard InChI is InChI=1S/C28H27ClN4O5/c1-28(2,3)38-27(36)33-15-19(13-22(33)25(34)35)37-26-30-21-14-20(29)23(31-24(21)32-26)18-11-9-17(10-12-18)16-7-5-4-6-8-16/h4-12,14,19,22H,13,15H2,1-3H3,(H,34,35)(H,30,31,32)/t19-,22-/m1/s1. The van der Waals surface area contributed by atoms with Crippen molar-refractivity contribution in [1.82, 2.24) is 19.9 Å². The second kappa shape index (κ2) is 9.98. The number of fused-ring (bicyclic) bond motifs is 1. The van der Waals surface area contributed by atoms with Gasteiger partial charge < -0.3 is 19.6 Å². The zero-order valence-electron chi connectivity index (χ0n) is 21.1. The molecule has 4 aromatic rings. The lowest BCUT2D eigenvalue weighted by atomic mass is 10.0. The Morgan fingerprint density at radius 1 is 1.03 bits per heavy atom. The van der Waals surface area contributed by atoms with Gasteiger partial charge in [-0.05, 0) is 38.0 Å². The lowest BCUT2D eigenvalue weighted by Crippen LogP contribution is -2.43. The van der Waals surface area contributed by atoms with E-state index in [1.54, 1.807) is 26.8 Å². The number of nitrogens with zero attached hydrogens (tertiary/aromatic N) is 3. The largest absolute Gasteiger partial charge is 0.480 e. The molecule has 9 nitrogen and oxygen atoms in total. The van der Waals surface area contributed by atoms with Gasteiger partial charge in [0.1, 0.15) is 17.7 Å². The summed E-state index contributed by atoms with van der Waals surface area (Å²) < 4.78 is 11.3. The molecule has 1 fully saturated rings. The topological polar surface area (TPSA) is 118 Å². The number of H-pyrrole nitrogens is 1. The normalized spacial score (nSPS) is 17.5. The Balaban J connectivity index is 1.34. The molecule has 1 aliphatic heterocycles. The summed E-state index contributed by atoms with van der Waals surface area (Å²) in [6.45, 7) is 5.23. The second-order valence-electron chi connectivity index (χ2n) is 10.1. The van der Waals surface area contributed by atoms with E-state index in [9.17, 15) is 14.7 Å². The van der Waals surface area contributed by atoms with Crippen molar-refractivity contribution >= 4 is 34.8 Å². The van der Waals surface area contributed by atoms with Crippen LogP contribution in [0.15, 0.2) is 60.7 Å². The molecule has 10 heteroatoms. The van der Waals surface area contributed by atoms with Crippen LogP contribution in [0.4, 0.5) is 4.79 Å². The van der Waals surface area contributed by atoms with E-state index in [-0.39, 0.29) is 19.0 Å². The summed E-state index contributed by atoms with van der Waals surface area (Å²) in [6, 6.07) is 18.9. The van der Waals surface area contributed by atoms with E-state index in [1.165, 1.54) is 4.90 Å². The number of hydrogen-bond donors (Lipinski definition) is 2. The molecule has 2 aromatic heterocycles. The minimum absolute atomic E-state index is 0.0517. The maximum Gasteiger partial charge on any atom is 0.411 e. The molecule has 0 saturated carbocycles. The fraction of sp³-hybridized carbons (Fsp3) is 0.286. The van der Waals surface area contributed by atoms with Crippen molar-refractivity contribution in [3.05, 3.63) is 65.7 Å². The lowest BCUT2D eigenvalue weighted by molar-refractivity contribution is -0.142. The van der Waals surface area contributed by atoms with Crippen LogP contribution in [0.3, 0.4) is 0 Å². The molecular formula is C28H27ClN4O5. The summed E-state index contributed by atoms with van der Waals surface area (Å²) in [4.78, 5) is 37.6. The van der Waals surface area contributed by atoms with Gasteiger partial charge in [-0.1, -0.05) is 66.2 Å². The quantitative estimate of drug-likeness (QED) is 0.333. The van der Waals surface area contributed by atoms with Crippen LogP contribution in [0.25, 0.3) is 33.5 Å². The Bertz CT molecular complexity index is 1480. The summed E-state index contributed by atoms with van der Waals surface area (Å²) in [5, 5.41) is 10.1. The molecule has 5 rings (SSSR count). The van der Waals surface area contributed by atoms with E-state index in [2.05, 4.69) is 15.0 Å². The number of aromatic amines is 1. The molecule has 0 unspecified atom stereocenters. The van der Waals surface area contributed by atoms with Gasteiger partial charge in [0.05, 0.1) is 22.8 Å². The molecule has 0 radical (unpaired) electrons. The lowest BCUT2D eigenvalue weighted by Gasteiger charge is -2.26. The molecule has 2 aromatic carbocycles. The number of nitrogens with one attached hydrogen (secondary N) is 1. The Morgan fingerprint density at radius 2 is 1.68 bits per heavy atom. The summed E-state index contributed by atoms with van der Waals surface area (Å²) in [5.41, 5.74) is 3.86. The van der Waals surface area contributed by atoms with Crippen molar-refractivity contribution in [3.8, 4) is 28.4 Å². The molecule has 0 bridgehead atoms. The molecule has 1 saturated heterocycles. The number of carbonyl (C=O) groups excluding carboxylic acids is 1. The predicted octanol–water partition coefficient (Wildman–Crippen LogP) is 5.79. The summed E-state index contributed by atoms with van der Waals surface area (Å²) >= 11 is 6.56. The molecule has 196 valence electrons. The molecule has 0 aliphatic carbocycles. The number of pyridine rings is 1. The molecule has 1 aliphatic rings. The number of aliphatic carboxylic acids is 1. The fourth-order valence-electron chi connectivity index (χ4n) is 4.40. The smallest absolute Gasteiger partial charge is 0.411 e. The SMILES string of the molecule is CC(C)(C)OC(=O)N1C[C@H](Oc2nc3nc(-c4ccc(-c5ccccc5)cc4)c(Cl)cc3[nH]2)C[C@@H]1C(=O)O. The average Bonchev–Trinajstić information content (AvgIpc) is 3.47. The number of carboxylic acids is 1. The van der Waals surface area contributed by atoms with Gasteiger partial charge in [0.15, 0.2) is 5.65 Å². The number of carbonyl (C=O) groups is 2. The van der Waals surface area contributed by atoms with Gasteiger partial charge in [-0.3, -0.25) is 4.90 Å². The number of halogens is 1. The third-order valence-electron chi connectivity index (χ3n) is 6.12. The number of aromatic nitrogens is 3. The van der Waals surface area contributed by atoms with Crippen molar-refractivity contribution < 1.29 is 24.2 Å². The number of likely N-dealkylation sites (tertiary alicyclic amines) is 1. The van der Waals surface area contributed by atoms with Crippen molar-refractivity contribution in [3.63, 3.8) is 0 Å². The molecule has 38 heavy (non-hydrogen) atoms. The predicted molar refractivity (Wildman–Crippen MR) is 143 cm³/mol. The van der Waals surface area contributed by atoms with Crippen LogP contribution in [-0.4, -0.2) is 61.3 Å². The number of hydrogen-bond acceptors (Lipinski definition) is 6. The highest BCUT2D eigenvalue weighted by Crippen LogP contribution is 2.32. The molecule has 1 amide bonds. The van der Waals surface area contributed by atoms with E-state index in [4.69, 9.17) is 21.1 Å². The van der Waals surface area contributed by atoms with Crippen LogP contribution in [0.2, 0.25) is 5.02 Å². The van der Waals surface area contributed by atoms with Gasteiger partial charge in [0.25, 0.3) is 6.01 Å². The highest BCUT2D eigenvalue weighted by Gasteiger charge is 2.43. The number of ether oxygens (including phenoxy) is 2. The van der Waals surface area contributed by atoms with Gasteiger partial charge in [-0.2, -0.15) is 4.98 Å². The third kappa shape index (κ3) is 5.43. The summed E-state index contributed by atoms with van der Waals surface area (Å²) in [7, 11) is 0. The summed E-state index contributed by atoms with van der Waals surface area (Å²) in [5.74, 6) is -1.12. The zero-order chi connectivity index (χ0) is 27.0. The van der Waals surface area contributed by atoms with Crippen LogP contribution in [0.1, 0.15) is 27.2 Å². The third-order valence-corrected chi connectivity index (χ3v) is 6.41. The van der Waals surface area contributed by atoms with E-state index < -0.39 is 29.8 Å². The number of imidazole rings is 1. The molecule has 3 heterocycles. The van der Waals surface area contributed by atoms with Crippen molar-refractivity contribution in [2.24, 2.45) is 0 Å². The maximum absolute atomic E-state index is 12.6. The van der Waals surface area contributed by atoms with Crippen molar-refractivity contribution in [2.45, 2.75) is 44.9 Å². The van der Waals surface area contributed by atoms with Gasteiger partial charge in [0.2, 0.25) is 0 Å². The van der Waals surface area contributed by atoms with Crippen LogP contribution in [0.5, 0.6) is 6.01 Å². The van der Waals surface area contributed by atoms with Crippen LogP contribution in [-0.2, 0) is 9.53 Å². The monoisotopic (exact) mass is 534 g/mol. The summed E-state index contributed by atoms with van der Waals surface area (Å²) in [6.07, 6.45) is -1.19. The van der Waals surface area contributed by atoms with Crippen LogP contribution >= 0.6 is 11.6 Å². The van der Waals surface area contributed by atoms with Gasteiger partial charge in [0, 0.05) is 12.0 Å². The Labute approximate surface area is 224 Å². The van der Waals surface area contributed by atoms with Crippen molar-refractivity contribution in [2.75, 3.05) is 6.54 Å². The zero-order valence-corrected chi connectivity index (χ0v) is 21.9. The van der Waals surface area contributed by atoms with Crippen LogP contribution in [0, 0.1) is 0 Å². The molecule has 0 spiro atoms. The van der Waals surface area contributed by atoms with Gasteiger partial charge >= 0.3 is 12.1 Å². The number of carboxylic acid groups (broad SMARTS) is 1. The minimum atomic E-state index is -1.12. The maximum atomic E-state index is 12.6. The molecular weight excluding hydrogens is 508 g/mol. The number of rotatable bonds is 5. The fourth-order valence-corrected chi connectivity index (χ4v) is 4.66. The number of amides is 1. The first-order chi connectivity index (χ1) is 18.1. The Morgan fingerprint density at radius 3 is 2.34 bits per heavy atom. The van der Waals surface area contributed by atoms with Crippen LogP contribution < -0.4 is 4.74 Å². The Kier molecular flexibility index (Phi) is 6.71. The second-order valence-corrected chi connectivity index (χ2v) is 10.5. The average molecular weight is 535 g/mol. The molecule has 2 atom stereocenters. The Hall–Kier alpha value is -4.11. The van der Waals surface area contributed by atoms with Crippen molar-refractivity contribution in [1.29, 1.82) is 0 Å². The number of benzene rings is 2. The first-order valence-corrected chi connectivity index (χ1v) is 12.6.